The van der Waals surface area contributed by atoms with Crippen molar-refractivity contribution in [2.45, 2.75) is 25.7 Å². The van der Waals surface area contributed by atoms with E-state index < -0.39 is 15.8 Å². The van der Waals surface area contributed by atoms with Crippen molar-refractivity contribution < 1.29 is 41.0 Å². The molecule has 1 fully saturated rings. The van der Waals surface area contributed by atoms with Crippen LogP contribution in [0.25, 0.3) is 22.3 Å². The van der Waals surface area contributed by atoms with Gasteiger partial charge in [-0.1, -0.05) is 12.1 Å². The third-order valence-electron chi connectivity index (χ3n) is 7.63. The van der Waals surface area contributed by atoms with Crippen molar-refractivity contribution in [3.8, 4) is 17.1 Å². The second kappa shape index (κ2) is 14.4. The number of ether oxygens (including phenoxy) is 3. The molecule has 1 aromatic heterocycles. The highest BCUT2D eigenvalue weighted by molar-refractivity contribution is 7.92. The Morgan fingerprint density at radius 1 is 0.978 bits per heavy atom. The molecule has 12 heteroatoms. The number of hydrogen-bond acceptors (Lipinski definition) is 8. The molecule has 1 aliphatic rings. The second-order valence-electron chi connectivity index (χ2n) is 11.1. The zero-order valence-corrected chi connectivity index (χ0v) is 26.8. The van der Waals surface area contributed by atoms with Gasteiger partial charge in [-0.15, -0.1) is 0 Å². The predicted octanol–water partition coefficient (Wildman–Crippen LogP) is 5.56. The number of carbonyl (C=O) groups excluding carboxylic acids is 2. The monoisotopic (exact) mass is 652 g/mol. The fraction of sp³-hybridized carbons (Fsp3) is 0.353. The summed E-state index contributed by atoms with van der Waals surface area (Å²) in [6.45, 7) is 2.83. The van der Waals surface area contributed by atoms with Gasteiger partial charge in [-0.2, -0.15) is 0 Å². The molecule has 10 nitrogen and oxygen atoms in total. The number of carbonyl (C=O) groups is 2. The summed E-state index contributed by atoms with van der Waals surface area (Å²) in [5.74, 6) is 0.189. The molecule has 0 radical (unpaired) electrons. The molecule has 244 valence electrons. The molecule has 0 saturated heterocycles. The van der Waals surface area contributed by atoms with Crippen LogP contribution in [0, 0.1) is 5.82 Å². The molecular weight excluding hydrogens is 615 g/mol. The lowest BCUT2D eigenvalue weighted by atomic mass is 10.0. The standard InChI is InChI=1S/C34H37FN2O8S/c1-22(38)25-5-4-6-27(19-25)44-18-17-43-16-15-42-14-13-37(46(3,40)41)30-21-31-29(20-28(30)23-7-8-23)32(34(39)36-2)33(45-31)24-9-11-26(35)12-10-24/h4-6,9-12,19-21,23H,7-8,13-18H2,1-3H3,(H,36,39). The van der Waals surface area contributed by atoms with E-state index in [-0.39, 0.29) is 49.7 Å². The highest BCUT2D eigenvalue weighted by atomic mass is 32.2. The van der Waals surface area contributed by atoms with Gasteiger partial charge in [0.05, 0.1) is 50.5 Å². The maximum absolute atomic E-state index is 13.6. The molecule has 1 saturated carbocycles. The van der Waals surface area contributed by atoms with E-state index in [1.807, 2.05) is 6.07 Å². The van der Waals surface area contributed by atoms with Crippen LogP contribution in [-0.4, -0.2) is 73.0 Å². The van der Waals surface area contributed by atoms with Crippen LogP contribution in [0.5, 0.6) is 5.75 Å². The van der Waals surface area contributed by atoms with Crippen LogP contribution in [0.1, 0.15) is 52.0 Å². The maximum Gasteiger partial charge on any atom is 0.255 e. The summed E-state index contributed by atoms with van der Waals surface area (Å²) in [5, 5.41) is 3.21. The fourth-order valence-electron chi connectivity index (χ4n) is 5.20. The van der Waals surface area contributed by atoms with Gasteiger partial charge < -0.3 is 23.9 Å². The minimum atomic E-state index is -3.71. The Morgan fingerprint density at radius 3 is 2.33 bits per heavy atom. The third kappa shape index (κ3) is 7.93. The zero-order chi connectivity index (χ0) is 32.8. The van der Waals surface area contributed by atoms with Crippen molar-refractivity contribution in [1.82, 2.24) is 5.32 Å². The topological polar surface area (TPSA) is 124 Å². The van der Waals surface area contributed by atoms with Crippen molar-refractivity contribution in [1.29, 1.82) is 0 Å². The molecule has 0 bridgehead atoms. The second-order valence-corrected chi connectivity index (χ2v) is 13.0. The van der Waals surface area contributed by atoms with Gasteiger partial charge in [0, 0.05) is 29.6 Å². The van der Waals surface area contributed by atoms with Gasteiger partial charge in [0.2, 0.25) is 10.0 Å². The Bertz CT molecular complexity index is 1820. The van der Waals surface area contributed by atoms with E-state index in [1.54, 1.807) is 30.3 Å². The number of benzene rings is 3. The largest absolute Gasteiger partial charge is 0.491 e. The first kappa shape index (κ1) is 33.1. The first-order chi connectivity index (χ1) is 22.1. The SMILES string of the molecule is CNC(=O)c1c(-c2ccc(F)cc2)oc2cc(N(CCOCCOCCOc3cccc(C(C)=O)c3)S(C)(=O)=O)c(C3CC3)cc12. The van der Waals surface area contributed by atoms with E-state index >= 15 is 0 Å². The predicted molar refractivity (Wildman–Crippen MR) is 173 cm³/mol. The molecule has 0 atom stereocenters. The number of ketones is 1. The Balaban J connectivity index is 1.25. The van der Waals surface area contributed by atoms with Crippen LogP contribution in [-0.2, 0) is 19.5 Å². The van der Waals surface area contributed by atoms with Gasteiger partial charge in [-0.25, -0.2) is 12.8 Å². The average molecular weight is 653 g/mol. The Kier molecular flexibility index (Phi) is 10.4. The van der Waals surface area contributed by atoms with Crippen molar-refractivity contribution >= 4 is 38.4 Å². The van der Waals surface area contributed by atoms with Crippen LogP contribution in [0.2, 0.25) is 0 Å². The number of sulfonamides is 1. The summed E-state index contributed by atoms with van der Waals surface area (Å²) in [6.07, 6.45) is 2.94. The Morgan fingerprint density at radius 2 is 1.67 bits per heavy atom. The minimum absolute atomic E-state index is 0.0373. The summed E-state index contributed by atoms with van der Waals surface area (Å²) in [7, 11) is -2.19. The van der Waals surface area contributed by atoms with E-state index in [9.17, 15) is 22.4 Å². The normalized spacial score (nSPS) is 13.1. The molecule has 1 aliphatic carbocycles. The van der Waals surface area contributed by atoms with E-state index in [2.05, 4.69) is 5.32 Å². The van der Waals surface area contributed by atoms with E-state index in [4.69, 9.17) is 18.6 Å². The number of Topliss-reactive ketones (excluding diaryl/α,β-unsaturated/α-hetero) is 1. The summed E-state index contributed by atoms with van der Waals surface area (Å²) < 4.78 is 64.1. The van der Waals surface area contributed by atoms with Crippen LogP contribution in [0.3, 0.4) is 0 Å². The smallest absolute Gasteiger partial charge is 0.255 e. The van der Waals surface area contributed by atoms with Gasteiger partial charge in [0.1, 0.15) is 29.5 Å². The number of rotatable bonds is 16. The van der Waals surface area contributed by atoms with E-state index in [1.165, 1.54) is 42.5 Å². The van der Waals surface area contributed by atoms with Crippen LogP contribution in [0.15, 0.2) is 65.1 Å². The fourth-order valence-corrected chi connectivity index (χ4v) is 6.12. The number of amides is 1. The molecule has 0 aliphatic heterocycles. The number of fused-ring (bicyclic) bond motifs is 1. The lowest BCUT2D eigenvalue weighted by molar-refractivity contribution is 0.0389. The lowest BCUT2D eigenvalue weighted by Gasteiger charge is -2.25. The molecule has 5 rings (SSSR count). The first-order valence-electron chi connectivity index (χ1n) is 15.0. The molecule has 46 heavy (non-hydrogen) atoms. The third-order valence-corrected chi connectivity index (χ3v) is 8.81. The van der Waals surface area contributed by atoms with Gasteiger partial charge in [-0.3, -0.25) is 13.9 Å². The van der Waals surface area contributed by atoms with Gasteiger partial charge >= 0.3 is 0 Å². The summed E-state index contributed by atoms with van der Waals surface area (Å²) in [6, 6.07) is 16.1. The summed E-state index contributed by atoms with van der Waals surface area (Å²) in [4.78, 5) is 24.5. The van der Waals surface area contributed by atoms with E-state index in [0.29, 0.717) is 52.3 Å². The van der Waals surface area contributed by atoms with Gasteiger partial charge in [0.15, 0.2) is 5.78 Å². The highest BCUT2D eigenvalue weighted by Gasteiger charge is 2.33. The number of hydrogen-bond donors (Lipinski definition) is 1. The number of furan rings is 1. The number of halogens is 1. The molecule has 0 unspecified atom stereocenters. The summed E-state index contributed by atoms with van der Waals surface area (Å²) in [5.41, 5.74) is 3.04. The molecule has 3 aromatic carbocycles. The van der Waals surface area contributed by atoms with Gasteiger partial charge in [-0.05, 0) is 73.7 Å². The van der Waals surface area contributed by atoms with Crippen molar-refractivity contribution in [3.05, 3.63) is 83.2 Å². The quantitative estimate of drug-likeness (QED) is 0.123. The number of anilines is 1. The average Bonchev–Trinajstić information content (AvgIpc) is 3.81. The first-order valence-corrected chi connectivity index (χ1v) is 16.9. The zero-order valence-electron chi connectivity index (χ0n) is 26.0. The Labute approximate surface area is 267 Å². The highest BCUT2D eigenvalue weighted by Crippen LogP contribution is 2.48. The summed E-state index contributed by atoms with van der Waals surface area (Å²) >= 11 is 0. The van der Waals surface area contributed by atoms with Crippen molar-refractivity contribution in [2.24, 2.45) is 0 Å². The van der Waals surface area contributed by atoms with Crippen LogP contribution in [0.4, 0.5) is 10.1 Å². The molecule has 4 aromatic rings. The molecular formula is C34H37FN2O8S. The number of nitrogens with one attached hydrogen (secondary N) is 1. The number of nitrogens with zero attached hydrogens (tertiary/aromatic N) is 1. The van der Waals surface area contributed by atoms with Crippen LogP contribution >= 0.6 is 0 Å². The molecule has 1 amide bonds. The van der Waals surface area contributed by atoms with Crippen molar-refractivity contribution in [2.75, 3.05) is 57.2 Å². The molecule has 1 heterocycles. The van der Waals surface area contributed by atoms with Gasteiger partial charge in [0.25, 0.3) is 5.91 Å². The minimum Gasteiger partial charge on any atom is -0.491 e. The lowest BCUT2D eigenvalue weighted by Crippen LogP contribution is -2.34. The van der Waals surface area contributed by atoms with Crippen LogP contribution < -0.4 is 14.4 Å². The molecule has 1 N–H and O–H groups in total. The Hall–Kier alpha value is -4.26. The maximum atomic E-state index is 13.6. The van der Waals surface area contributed by atoms with E-state index in [0.717, 1.165) is 24.7 Å². The molecule has 0 spiro atoms. The van der Waals surface area contributed by atoms with Crippen molar-refractivity contribution in [3.63, 3.8) is 0 Å².